The lowest BCUT2D eigenvalue weighted by molar-refractivity contribution is 0.0688. The van der Waals surface area contributed by atoms with E-state index in [2.05, 4.69) is 27.9 Å². The van der Waals surface area contributed by atoms with Gasteiger partial charge in [0.2, 0.25) is 0 Å². The molecule has 124 valence electrons. The van der Waals surface area contributed by atoms with Crippen molar-refractivity contribution in [2.75, 3.05) is 6.54 Å². The summed E-state index contributed by atoms with van der Waals surface area (Å²) in [6.07, 6.45) is 8.06. The van der Waals surface area contributed by atoms with E-state index in [1.807, 2.05) is 11.3 Å². The molecule has 1 fully saturated rings. The number of aromatic nitrogens is 2. The van der Waals surface area contributed by atoms with Gasteiger partial charge >= 0.3 is 5.97 Å². The molecule has 2 N–H and O–H groups in total. The van der Waals surface area contributed by atoms with Gasteiger partial charge in [0.1, 0.15) is 0 Å². The Morgan fingerprint density at radius 3 is 2.87 bits per heavy atom. The molecule has 5 nitrogen and oxygen atoms in total. The van der Waals surface area contributed by atoms with Crippen molar-refractivity contribution in [2.24, 2.45) is 7.05 Å². The standard InChI is InChI=1S/C17H23N3O2S/c1-20-11-13(15(19-20)16(21)22)10-18-12-17(7-3-2-4-8-17)14-6-5-9-23-14/h5-6,9,11,18H,2-4,7-8,10,12H2,1H3,(H,21,22). The second kappa shape index (κ2) is 6.84. The molecule has 2 aromatic rings. The van der Waals surface area contributed by atoms with Gasteiger partial charge in [0.05, 0.1) is 0 Å². The van der Waals surface area contributed by atoms with E-state index in [9.17, 15) is 9.90 Å². The number of aromatic carboxylic acids is 1. The van der Waals surface area contributed by atoms with Crippen LogP contribution in [0.5, 0.6) is 0 Å². The smallest absolute Gasteiger partial charge is 0.356 e. The summed E-state index contributed by atoms with van der Waals surface area (Å²) in [6, 6.07) is 4.37. The van der Waals surface area contributed by atoms with Gasteiger partial charge in [0.15, 0.2) is 5.69 Å². The second-order valence-electron chi connectivity index (χ2n) is 6.40. The molecule has 3 rings (SSSR count). The molecule has 1 aliphatic carbocycles. The Labute approximate surface area is 140 Å². The number of carboxylic acid groups (broad SMARTS) is 1. The summed E-state index contributed by atoms with van der Waals surface area (Å²) in [5.41, 5.74) is 1.10. The third-order valence-electron chi connectivity index (χ3n) is 4.74. The minimum absolute atomic E-state index is 0.147. The number of carboxylic acids is 1. The zero-order chi connectivity index (χ0) is 16.3. The molecule has 2 aromatic heterocycles. The van der Waals surface area contributed by atoms with Crippen LogP contribution in [0.1, 0.15) is 53.0 Å². The van der Waals surface area contributed by atoms with Gasteiger partial charge in [-0.3, -0.25) is 4.68 Å². The predicted octanol–water partition coefficient (Wildman–Crippen LogP) is 3.17. The summed E-state index contributed by atoms with van der Waals surface area (Å²) in [7, 11) is 1.75. The molecule has 0 spiro atoms. The largest absolute Gasteiger partial charge is 0.476 e. The van der Waals surface area contributed by atoms with E-state index in [-0.39, 0.29) is 11.1 Å². The lowest BCUT2D eigenvalue weighted by Gasteiger charge is -2.37. The zero-order valence-corrected chi connectivity index (χ0v) is 14.2. The number of hydrogen-bond acceptors (Lipinski definition) is 4. The quantitative estimate of drug-likeness (QED) is 0.852. The first-order chi connectivity index (χ1) is 11.1. The van der Waals surface area contributed by atoms with Crippen LogP contribution in [0.2, 0.25) is 0 Å². The fourth-order valence-corrected chi connectivity index (χ4v) is 4.59. The van der Waals surface area contributed by atoms with Gasteiger partial charge in [-0.2, -0.15) is 5.10 Å². The Bertz CT molecular complexity index is 657. The first-order valence-corrected chi connectivity index (χ1v) is 8.99. The van der Waals surface area contributed by atoms with E-state index in [0.29, 0.717) is 6.54 Å². The first-order valence-electron chi connectivity index (χ1n) is 8.11. The number of nitrogens with one attached hydrogen (secondary N) is 1. The topological polar surface area (TPSA) is 67.2 Å². The van der Waals surface area contributed by atoms with Gasteiger partial charge in [-0.05, 0) is 24.3 Å². The van der Waals surface area contributed by atoms with Gasteiger partial charge in [0, 0.05) is 42.2 Å². The van der Waals surface area contributed by atoms with Gasteiger partial charge in [-0.1, -0.05) is 25.3 Å². The summed E-state index contributed by atoms with van der Waals surface area (Å²) in [5, 5.41) is 18.9. The summed E-state index contributed by atoms with van der Waals surface area (Å²) in [5.74, 6) is -0.965. The molecular formula is C17H23N3O2S. The second-order valence-corrected chi connectivity index (χ2v) is 7.35. The van der Waals surface area contributed by atoms with E-state index < -0.39 is 5.97 Å². The number of rotatable bonds is 6. The molecular weight excluding hydrogens is 310 g/mol. The molecule has 0 bridgehead atoms. The zero-order valence-electron chi connectivity index (χ0n) is 13.4. The van der Waals surface area contributed by atoms with Crippen LogP contribution in [-0.2, 0) is 19.0 Å². The highest BCUT2D eigenvalue weighted by molar-refractivity contribution is 7.10. The number of thiophene rings is 1. The van der Waals surface area contributed by atoms with Crippen LogP contribution in [0.15, 0.2) is 23.7 Å². The highest BCUT2D eigenvalue weighted by Crippen LogP contribution is 2.41. The summed E-state index contributed by atoms with van der Waals surface area (Å²) in [6.45, 7) is 1.43. The number of aryl methyl sites for hydroxylation is 1. The monoisotopic (exact) mass is 333 g/mol. The van der Waals surface area contributed by atoms with Crippen molar-refractivity contribution in [3.8, 4) is 0 Å². The Morgan fingerprint density at radius 2 is 2.22 bits per heavy atom. The van der Waals surface area contributed by atoms with Crippen LogP contribution in [0.4, 0.5) is 0 Å². The van der Waals surface area contributed by atoms with E-state index in [1.165, 1.54) is 37.0 Å². The molecule has 0 atom stereocenters. The molecule has 0 aromatic carbocycles. The van der Waals surface area contributed by atoms with Crippen molar-refractivity contribution >= 4 is 17.3 Å². The normalized spacial score (nSPS) is 17.3. The van der Waals surface area contributed by atoms with Gasteiger partial charge in [-0.25, -0.2) is 4.79 Å². The van der Waals surface area contributed by atoms with E-state index in [0.717, 1.165) is 12.1 Å². The molecule has 0 saturated heterocycles. The molecule has 0 amide bonds. The van der Waals surface area contributed by atoms with Gasteiger partial charge in [0.25, 0.3) is 0 Å². The number of hydrogen-bond donors (Lipinski definition) is 2. The minimum atomic E-state index is -0.965. The van der Waals surface area contributed by atoms with E-state index >= 15 is 0 Å². The van der Waals surface area contributed by atoms with Crippen molar-refractivity contribution in [2.45, 2.75) is 44.1 Å². The van der Waals surface area contributed by atoms with Crippen molar-refractivity contribution < 1.29 is 9.90 Å². The van der Waals surface area contributed by atoms with Crippen LogP contribution in [-0.4, -0.2) is 27.4 Å². The molecule has 1 aliphatic rings. The van der Waals surface area contributed by atoms with E-state index in [4.69, 9.17) is 0 Å². The fraction of sp³-hybridized carbons (Fsp3) is 0.529. The molecule has 23 heavy (non-hydrogen) atoms. The summed E-state index contributed by atoms with van der Waals surface area (Å²) < 4.78 is 1.57. The van der Waals surface area contributed by atoms with E-state index in [1.54, 1.807) is 17.9 Å². The van der Waals surface area contributed by atoms with Crippen LogP contribution in [0, 0.1) is 0 Å². The lowest BCUT2D eigenvalue weighted by Crippen LogP contribution is -2.39. The molecule has 2 heterocycles. The average Bonchev–Trinajstić information content (AvgIpc) is 3.18. The van der Waals surface area contributed by atoms with Crippen molar-refractivity contribution in [3.05, 3.63) is 39.8 Å². The van der Waals surface area contributed by atoms with Crippen molar-refractivity contribution in [1.29, 1.82) is 0 Å². The van der Waals surface area contributed by atoms with Gasteiger partial charge in [-0.15, -0.1) is 11.3 Å². The summed E-state index contributed by atoms with van der Waals surface area (Å²) >= 11 is 1.84. The van der Waals surface area contributed by atoms with Crippen LogP contribution >= 0.6 is 11.3 Å². The van der Waals surface area contributed by atoms with Crippen molar-refractivity contribution in [3.63, 3.8) is 0 Å². The molecule has 0 aliphatic heterocycles. The minimum Gasteiger partial charge on any atom is -0.476 e. The Morgan fingerprint density at radius 1 is 1.43 bits per heavy atom. The molecule has 0 radical (unpaired) electrons. The van der Waals surface area contributed by atoms with Crippen LogP contribution < -0.4 is 5.32 Å². The first kappa shape index (κ1) is 16.2. The molecule has 0 unspecified atom stereocenters. The highest BCUT2D eigenvalue weighted by Gasteiger charge is 2.34. The molecule has 1 saturated carbocycles. The Balaban J connectivity index is 1.69. The van der Waals surface area contributed by atoms with Crippen LogP contribution in [0.3, 0.4) is 0 Å². The van der Waals surface area contributed by atoms with Gasteiger partial charge < -0.3 is 10.4 Å². The van der Waals surface area contributed by atoms with Crippen LogP contribution in [0.25, 0.3) is 0 Å². The summed E-state index contributed by atoms with van der Waals surface area (Å²) in [4.78, 5) is 12.7. The maximum Gasteiger partial charge on any atom is 0.356 e. The third-order valence-corrected chi connectivity index (χ3v) is 5.86. The predicted molar refractivity (Wildman–Crippen MR) is 91.0 cm³/mol. The Hall–Kier alpha value is -1.66. The maximum atomic E-state index is 11.2. The fourth-order valence-electron chi connectivity index (χ4n) is 3.60. The lowest BCUT2D eigenvalue weighted by atomic mass is 9.73. The number of nitrogens with zero attached hydrogens (tertiary/aromatic N) is 2. The highest BCUT2D eigenvalue weighted by atomic mass is 32.1. The Kier molecular flexibility index (Phi) is 4.82. The maximum absolute atomic E-state index is 11.2. The number of carbonyl (C=O) groups is 1. The third kappa shape index (κ3) is 3.48. The average molecular weight is 333 g/mol. The SMILES string of the molecule is Cn1cc(CNCC2(c3cccs3)CCCCC2)c(C(=O)O)n1. The molecule has 6 heteroatoms. The van der Waals surface area contributed by atoms with Crippen molar-refractivity contribution in [1.82, 2.24) is 15.1 Å².